The Morgan fingerprint density at radius 3 is 2.39 bits per heavy atom. The zero-order valence-electron chi connectivity index (χ0n) is 19.3. The molecule has 2 amide bonds. The highest BCUT2D eigenvalue weighted by atomic mass is 32.2. The number of hydrogen-bond donors (Lipinski definition) is 2. The lowest BCUT2D eigenvalue weighted by Gasteiger charge is -2.17. The molecule has 1 heterocycles. The van der Waals surface area contributed by atoms with Gasteiger partial charge in [0, 0.05) is 30.1 Å². The van der Waals surface area contributed by atoms with Gasteiger partial charge in [-0.2, -0.15) is 0 Å². The molecule has 1 atom stereocenters. The van der Waals surface area contributed by atoms with Crippen LogP contribution < -0.4 is 10.6 Å². The molecule has 0 fully saturated rings. The maximum absolute atomic E-state index is 13.3. The Morgan fingerprint density at radius 1 is 1.03 bits per heavy atom. The topological polar surface area (TPSA) is 115 Å². The number of amides is 2. The number of halogens is 1. The van der Waals surface area contributed by atoms with Crippen LogP contribution in [0.1, 0.15) is 29.9 Å². The Bertz CT molecular complexity index is 1330. The zero-order chi connectivity index (χ0) is 25.5. The number of carbonyl (C=O) groups is 1. The summed E-state index contributed by atoms with van der Waals surface area (Å²) in [6.07, 6.45) is 0. The third-order valence-electron chi connectivity index (χ3n) is 5.29. The number of nitro groups is 1. The monoisotopic (exact) mass is 506 g/mol. The van der Waals surface area contributed by atoms with Crippen LogP contribution in [0, 0.1) is 15.9 Å². The van der Waals surface area contributed by atoms with Crippen molar-refractivity contribution in [3.63, 3.8) is 0 Å². The molecule has 0 radical (unpaired) electrons. The molecule has 0 saturated carbocycles. The molecule has 0 saturated heterocycles. The summed E-state index contributed by atoms with van der Waals surface area (Å²) >= 11 is 1.38. The molecular weight excluding hydrogens is 483 g/mol. The van der Waals surface area contributed by atoms with Crippen molar-refractivity contribution in [1.82, 2.24) is 25.4 Å². The molecule has 9 nitrogen and oxygen atoms in total. The first-order valence-electron chi connectivity index (χ1n) is 11.1. The number of rotatable bonds is 9. The van der Waals surface area contributed by atoms with Crippen LogP contribution in [0.4, 0.5) is 14.9 Å². The maximum Gasteiger partial charge on any atom is 0.315 e. The van der Waals surface area contributed by atoms with Crippen LogP contribution in [0.25, 0.3) is 5.69 Å². The smallest absolute Gasteiger partial charge is 0.315 e. The van der Waals surface area contributed by atoms with Crippen LogP contribution in [0.15, 0.2) is 84.0 Å². The van der Waals surface area contributed by atoms with Crippen LogP contribution >= 0.6 is 11.8 Å². The number of nitro benzene ring substituents is 1. The van der Waals surface area contributed by atoms with Crippen molar-refractivity contribution >= 4 is 23.5 Å². The first kappa shape index (κ1) is 24.9. The third-order valence-corrected chi connectivity index (χ3v) is 6.29. The maximum atomic E-state index is 13.3. The van der Waals surface area contributed by atoms with E-state index in [1.54, 1.807) is 35.8 Å². The van der Waals surface area contributed by atoms with E-state index in [4.69, 9.17) is 0 Å². The fourth-order valence-corrected chi connectivity index (χ4v) is 4.35. The van der Waals surface area contributed by atoms with E-state index >= 15 is 0 Å². The van der Waals surface area contributed by atoms with E-state index in [9.17, 15) is 19.3 Å². The largest absolute Gasteiger partial charge is 0.334 e. The number of nitrogens with zero attached hydrogens (tertiary/aromatic N) is 4. The summed E-state index contributed by atoms with van der Waals surface area (Å²) in [5.41, 5.74) is 2.43. The number of nitrogens with one attached hydrogen (secondary N) is 2. The van der Waals surface area contributed by atoms with Gasteiger partial charge in [0.25, 0.3) is 5.69 Å². The second-order valence-electron chi connectivity index (χ2n) is 7.90. The van der Waals surface area contributed by atoms with Gasteiger partial charge < -0.3 is 10.6 Å². The summed E-state index contributed by atoms with van der Waals surface area (Å²) in [5.74, 6) is 0.649. The molecule has 4 rings (SSSR count). The molecule has 1 unspecified atom stereocenters. The lowest BCUT2D eigenvalue weighted by atomic mass is 10.2. The fraction of sp³-hybridized carbons (Fsp3) is 0.160. The van der Waals surface area contributed by atoms with E-state index in [-0.39, 0.29) is 17.5 Å². The van der Waals surface area contributed by atoms with Crippen LogP contribution in [-0.2, 0) is 12.3 Å². The predicted molar refractivity (Wildman–Crippen MR) is 134 cm³/mol. The summed E-state index contributed by atoms with van der Waals surface area (Å²) < 4.78 is 15.0. The Labute approximate surface area is 210 Å². The van der Waals surface area contributed by atoms with Gasteiger partial charge in [-0.15, -0.1) is 10.2 Å². The van der Waals surface area contributed by atoms with Crippen molar-refractivity contribution in [3.05, 3.63) is 112 Å². The fourth-order valence-electron chi connectivity index (χ4n) is 3.44. The first-order valence-corrected chi connectivity index (χ1v) is 12.0. The number of hydrogen-bond acceptors (Lipinski definition) is 6. The van der Waals surface area contributed by atoms with Crippen molar-refractivity contribution < 1.29 is 14.1 Å². The molecule has 0 spiro atoms. The minimum atomic E-state index is -0.524. The minimum Gasteiger partial charge on any atom is -0.334 e. The Kier molecular flexibility index (Phi) is 7.91. The van der Waals surface area contributed by atoms with Crippen LogP contribution in [0.3, 0.4) is 0 Å². The Morgan fingerprint density at radius 2 is 1.72 bits per heavy atom. The molecular formula is C25H23FN6O3S. The lowest BCUT2D eigenvalue weighted by Crippen LogP contribution is -2.37. The second kappa shape index (κ2) is 11.5. The molecule has 11 heteroatoms. The second-order valence-corrected chi connectivity index (χ2v) is 8.84. The highest BCUT2D eigenvalue weighted by molar-refractivity contribution is 7.98. The van der Waals surface area contributed by atoms with Crippen LogP contribution in [-0.4, -0.2) is 25.7 Å². The number of urea groups is 1. The standard InChI is InChI=1S/C25H23FN6O3S/c1-17(28-24(33)27-15-18-5-3-2-4-6-18)23-29-30-25(36-16-19-7-9-20(26)10-8-19)31(23)21-11-13-22(14-12-21)32(34)35/h2-14,17H,15-16H2,1H3,(H2,27,28,33). The summed E-state index contributed by atoms with van der Waals surface area (Å²) in [5, 5.41) is 25.9. The third kappa shape index (κ3) is 6.25. The Balaban J connectivity index is 1.54. The highest BCUT2D eigenvalue weighted by Crippen LogP contribution is 2.28. The molecule has 4 aromatic rings. The highest BCUT2D eigenvalue weighted by Gasteiger charge is 2.21. The summed E-state index contributed by atoms with van der Waals surface area (Å²) in [6.45, 7) is 2.15. The van der Waals surface area contributed by atoms with Crippen molar-refractivity contribution in [2.24, 2.45) is 0 Å². The van der Waals surface area contributed by atoms with Crippen molar-refractivity contribution in [2.45, 2.75) is 30.4 Å². The molecule has 184 valence electrons. The van der Waals surface area contributed by atoms with E-state index < -0.39 is 11.0 Å². The van der Waals surface area contributed by atoms with Crippen molar-refractivity contribution in [2.75, 3.05) is 0 Å². The van der Waals surface area contributed by atoms with Crippen LogP contribution in [0.5, 0.6) is 0 Å². The number of non-ortho nitro benzene ring substituents is 1. The van der Waals surface area contributed by atoms with Gasteiger partial charge >= 0.3 is 6.03 Å². The normalized spacial score (nSPS) is 11.6. The van der Waals surface area contributed by atoms with Gasteiger partial charge in [0.05, 0.1) is 11.0 Å². The van der Waals surface area contributed by atoms with E-state index in [0.717, 1.165) is 11.1 Å². The molecule has 0 aliphatic carbocycles. The zero-order valence-corrected chi connectivity index (χ0v) is 20.1. The van der Waals surface area contributed by atoms with E-state index in [2.05, 4.69) is 20.8 Å². The number of benzene rings is 3. The van der Waals surface area contributed by atoms with E-state index in [1.807, 2.05) is 30.3 Å². The summed E-state index contributed by atoms with van der Waals surface area (Å²) in [7, 11) is 0. The van der Waals surface area contributed by atoms with Gasteiger partial charge in [0.15, 0.2) is 11.0 Å². The molecule has 3 aromatic carbocycles. The first-order chi connectivity index (χ1) is 17.4. The minimum absolute atomic E-state index is 0.0413. The average molecular weight is 507 g/mol. The van der Waals surface area contributed by atoms with E-state index in [1.165, 1.54) is 36.0 Å². The van der Waals surface area contributed by atoms with Crippen LogP contribution in [0.2, 0.25) is 0 Å². The predicted octanol–water partition coefficient (Wildman–Crippen LogP) is 5.17. The quantitative estimate of drug-likeness (QED) is 0.184. The molecule has 0 aliphatic rings. The van der Waals surface area contributed by atoms with Gasteiger partial charge in [0.1, 0.15) is 5.82 Å². The Hall–Kier alpha value is -4.25. The number of aromatic nitrogens is 3. The van der Waals surface area contributed by atoms with Gasteiger partial charge in [-0.25, -0.2) is 9.18 Å². The van der Waals surface area contributed by atoms with Gasteiger partial charge in [-0.1, -0.05) is 54.2 Å². The van der Waals surface area contributed by atoms with E-state index in [0.29, 0.717) is 29.0 Å². The summed E-state index contributed by atoms with van der Waals surface area (Å²) in [6, 6.07) is 20.8. The molecule has 36 heavy (non-hydrogen) atoms. The molecule has 1 aromatic heterocycles. The molecule has 2 N–H and O–H groups in total. The van der Waals surface area contributed by atoms with Gasteiger partial charge in [-0.05, 0) is 42.3 Å². The van der Waals surface area contributed by atoms with Gasteiger partial charge in [0.2, 0.25) is 0 Å². The number of carbonyl (C=O) groups excluding carboxylic acids is 1. The summed E-state index contributed by atoms with van der Waals surface area (Å²) in [4.78, 5) is 23.2. The number of thioether (sulfide) groups is 1. The van der Waals surface area contributed by atoms with Crippen molar-refractivity contribution in [1.29, 1.82) is 0 Å². The molecule has 0 bridgehead atoms. The lowest BCUT2D eigenvalue weighted by molar-refractivity contribution is -0.384. The van der Waals surface area contributed by atoms with Gasteiger partial charge in [-0.3, -0.25) is 14.7 Å². The average Bonchev–Trinajstić information content (AvgIpc) is 3.32. The molecule has 0 aliphatic heterocycles. The van der Waals surface area contributed by atoms with Crippen molar-refractivity contribution in [3.8, 4) is 5.69 Å². The SMILES string of the molecule is CC(NC(=O)NCc1ccccc1)c1nnc(SCc2ccc(F)cc2)n1-c1ccc([N+](=O)[O-])cc1.